The zero-order valence-electron chi connectivity index (χ0n) is 22.5. The first kappa shape index (κ1) is 27.7. The first-order valence-electron chi connectivity index (χ1n) is 13.9. The monoisotopic (exact) mass is 597 g/mol. The maximum absolute atomic E-state index is 14.3. The SMILES string of the molecule is CCOC(=O)c1cnc(OCC(C2CCCCC2)C2(c3ccc(Cl)cc3)Nc3cc(F)c(F)cc3N2)c2ccsc12. The lowest BCUT2D eigenvalue weighted by Gasteiger charge is -2.44. The van der Waals surface area contributed by atoms with Crippen molar-refractivity contribution in [1.82, 2.24) is 4.98 Å². The van der Waals surface area contributed by atoms with E-state index < -0.39 is 23.3 Å². The summed E-state index contributed by atoms with van der Waals surface area (Å²) in [5.74, 6) is -1.74. The van der Waals surface area contributed by atoms with Gasteiger partial charge in [-0.3, -0.25) is 0 Å². The number of ether oxygens (including phenoxy) is 2. The summed E-state index contributed by atoms with van der Waals surface area (Å²) in [4.78, 5) is 17.0. The number of hydrogen-bond donors (Lipinski definition) is 2. The third kappa shape index (κ3) is 5.21. The summed E-state index contributed by atoms with van der Waals surface area (Å²) in [6.45, 7) is 2.31. The van der Waals surface area contributed by atoms with Gasteiger partial charge >= 0.3 is 5.97 Å². The second-order valence-corrected chi connectivity index (χ2v) is 11.9. The van der Waals surface area contributed by atoms with Gasteiger partial charge in [-0.1, -0.05) is 43.0 Å². The average molecular weight is 598 g/mol. The molecule has 41 heavy (non-hydrogen) atoms. The Labute approximate surface area is 246 Å². The molecule has 2 aliphatic rings. The minimum absolute atomic E-state index is 0.164. The molecule has 1 atom stereocenters. The summed E-state index contributed by atoms with van der Waals surface area (Å²) < 4.78 is 41.2. The van der Waals surface area contributed by atoms with Gasteiger partial charge in [-0.05, 0) is 54.8 Å². The Hall–Kier alpha value is -3.43. The molecule has 6 nitrogen and oxygen atoms in total. The van der Waals surface area contributed by atoms with Gasteiger partial charge < -0.3 is 20.1 Å². The third-order valence-corrected chi connectivity index (χ3v) is 9.34. The average Bonchev–Trinajstić information content (AvgIpc) is 3.61. The van der Waals surface area contributed by atoms with Crippen LogP contribution < -0.4 is 15.4 Å². The van der Waals surface area contributed by atoms with Crippen LogP contribution in [0.4, 0.5) is 20.2 Å². The molecular formula is C31H30ClF2N3O3S. The Morgan fingerprint density at radius 2 is 1.78 bits per heavy atom. The number of halogens is 3. The van der Waals surface area contributed by atoms with E-state index >= 15 is 0 Å². The molecule has 3 heterocycles. The molecule has 0 spiro atoms. The van der Waals surface area contributed by atoms with Gasteiger partial charge in [0, 0.05) is 29.3 Å². The fourth-order valence-electron chi connectivity index (χ4n) is 6.19. The highest BCUT2D eigenvalue weighted by molar-refractivity contribution is 7.17. The molecule has 6 rings (SSSR count). The molecule has 1 unspecified atom stereocenters. The van der Waals surface area contributed by atoms with E-state index in [4.69, 9.17) is 21.1 Å². The first-order valence-corrected chi connectivity index (χ1v) is 15.1. The van der Waals surface area contributed by atoms with Crippen LogP contribution in [0.15, 0.2) is 54.0 Å². The van der Waals surface area contributed by atoms with E-state index in [1.165, 1.54) is 36.1 Å². The van der Waals surface area contributed by atoms with Crippen LogP contribution in [0.3, 0.4) is 0 Å². The van der Waals surface area contributed by atoms with Crippen LogP contribution in [0.1, 0.15) is 54.9 Å². The van der Waals surface area contributed by atoms with Crippen LogP contribution in [0, 0.1) is 23.5 Å². The predicted octanol–water partition coefficient (Wildman–Crippen LogP) is 8.37. The number of rotatable bonds is 8. The number of carbonyl (C=O) groups excluding carboxylic acids is 1. The Morgan fingerprint density at radius 1 is 1.10 bits per heavy atom. The summed E-state index contributed by atoms with van der Waals surface area (Å²) >= 11 is 7.69. The number of aromatic nitrogens is 1. The number of nitrogens with one attached hydrogen (secondary N) is 2. The van der Waals surface area contributed by atoms with Crippen molar-refractivity contribution < 1.29 is 23.0 Å². The van der Waals surface area contributed by atoms with Crippen LogP contribution in [0.2, 0.25) is 5.02 Å². The van der Waals surface area contributed by atoms with Gasteiger partial charge in [0.2, 0.25) is 5.88 Å². The summed E-state index contributed by atoms with van der Waals surface area (Å²) in [5, 5.41) is 10.3. The zero-order valence-corrected chi connectivity index (χ0v) is 24.1. The largest absolute Gasteiger partial charge is 0.477 e. The van der Waals surface area contributed by atoms with Gasteiger partial charge in [0.05, 0.1) is 40.2 Å². The second kappa shape index (κ2) is 11.4. The molecule has 0 saturated heterocycles. The van der Waals surface area contributed by atoms with Crippen molar-refractivity contribution in [2.75, 3.05) is 23.8 Å². The second-order valence-electron chi connectivity index (χ2n) is 10.6. The van der Waals surface area contributed by atoms with Crippen molar-refractivity contribution in [3.8, 4) is 5.88 Å². The van der Waals surface area contributed by atoms with Crippen LogP contribution in [0.25, 0.3) is 10.1 Å². The summed E-state index contributed by atoms with van der Waals surface area (Å²) in [6, 6.07) is 11.8. The van der Waals surface area contributed by atoms with Gasteiger partial charge in [-0.2, -0.15) is 0 Å². The molecule has 1 aliphatic heterocycles. The van der Waals surface area contributed by atoms with E-state index in [0.29, 0.717) is 27.8 Å². The summed E-state index contributed by atoms with van der Waals surface area (Å²) in [6.07, 6.45) is 6.85. The molecule has 0 amide bonds. The molecule has 214 valence electrons. The molecule has 2 aromatic carbocycles. The molecular weight excluding hydrogens is 568 g/mol. The van der Waals surface area contributed by atoms with E-state index in [0.717, 1.165) is 41.3 Å². The third-order valence-electron chi connectivity index (χ3n) is 8.14. The van der Waals surface area contributed by atoms with Crippen LogP contribution in [0.5, 0.6) is 5.88 Å². The number of nitrogens with zero attached hydrogens (tertiary/aromatic N) is 1. The van der Waals surface area contributed by atoms with Crippen molar-refractivity contribution in [3.05, 3.63) is 81.8 Å². The van der Waals surface area contributed by atoms with Gasteiger partial charge in [0.1, 0.15) is 5.66 Å². The zero-order chi connectivity index (χ0) is 28.6. The molecule has 0 bridgehead atoms. The maximum Gasteiger partial charge on any atom is 0.341 e. The molecule has 1 aliphatic carbocycles. The van der Waals surface area contributed by atoms with Gasteiger partial charge in [-0.15, -0.1) is 11.3 Å². The molecule has 4 aromatic rings. The molecule has 1 saturated carbocycles. The number of carbonyl (C=O) groups is 1. The van der Waals surface area contributed by atoms with Crippen molar-refractivity contribution in [1.29, 1.82) is 0 Å². The minimum atomic E-state index is -0.923. The molecule has 0 radical (unpaired) electrons. The lowest BCUT2D eigenvalue weighted by molar-refractivity contribution is 0.0528. The fourth-order valence-corrected chi connectivity index (χ4v) is 7.20. The number of pyridine rings is 1. The molecule has 2 N–H and O–H groups in total. The van der Waals surface area contributed by atoms with Gasteiger partial charge in [0.15, 0.2) is 11.6 Å². The number of benzene rings is 2. The van der Waals surface area contributed by atoms with Crippen LogP contribution >= 0.6 is 22.9 Å². The van der Waals surface area contributed by atoms with Crippen molar-refractivity contribution in [2.24, 2.45) is 11.8 Å². The number of anilines is 2. The molecule has 10 heteroatoms. The summed E-state index contributed by atoms with van der Waals surface area (Å²) in [7, 11) is 0. The normalized spacial score (nSPS) is 17.0. The predicted molar refractivity (Wildman–Crippen MR) is 158 cm³/mol. The van der Waals surface area contributed by atoms with E-state index in [9.17, 15) is 13.6 Å². The Morgan fingerprint density at radius 3 is 2.44 bits per heavy atom. The van der Waals surface area contributed by atoms with Gasteiger partial charge in [-0.25, -0.2) is 18.6 Å². The van der Waals surface area contributed by atoms with Crippen molar-refractivity contribution >= 4 is 50.4 Å². The highest BCUT2D eigenvalue weighted by Crippen LogP contribution is 2.49. The molecule has 2 aromatic heterocycles. The van der Waals surface area contributed by atoms with Crippen LogP contribution in [-0.4, -0.2) is 24.2 Å². The Bertz CT molecular complexity index is 1540. The van der Waals surface area contributed by atoms with E-state index in [-0.39, 0.29) is 25.0 Å². The fraction of sp³-hybridized carbons (Fsp3) is 0.355. The van der Waals surface area contributed by atoms with E-state index in [1.807, 2.05) is 35.7 Å². The number of esters is 1. The Balaban J connectivity index is 1.40. The highest BCUT2D eigenvalue weighted by atomic mass is 35.5. The van der Waals surface area contributed by atoms with E-state index in [1.54, 1.807) is 6.92 Å². The quantitative estimate of drug-likeness (QED) is 0.199. The van der Waals surface area contributed by atoms with Crippen LogP contribution in [-0.2, 0) is 10.4 Å². The topological polar surface area (TPSA) is 72.5 Å². The lowest BCUT2D eigenvalue weighted by atomic mass is 9.72. The number of thiophene rings is 1. The number of hydrogen-bond acceptors (Lipinski definition) is 7. The Kier molecular flexibility index (Phi) is 7.74. The lowest BCUT2D eigenvalue weighted by Crippen LogP contribution is -2.51. The molecule has 1 fully saturated rings. The van der Waals surface area contributed by atoms with Crippen molar-refractivity contribution in [2.45, 2.75) is 44.7 Å². The highest BCUT2D eigenvalue weighted by Gasteiger charge is 2.49. The van der Waals surface area contributed by atoms with E-state index in [2.05, 4.69) is 15.6 Å². The maximum atomic E-state index is 14.3. The standard InChI is InChI=1S/C31H30ClF2N3O3S/c1-2-39-30(38)22-16-35-29(21-12-13-41-28(21)22)40-17-23(18-6-4-3-5-7-18)31(19-8-10-20(32)11-9-19)36-26-14-24(33)25(34)15-27(26)37-31/h8-16,18,23,36-37H,2-7,17H2,1H3. The van der Waals surface area contributed by atoms with Crippen molar-refractivity contribution in [3.63, 3.8) is 0 Å². The summed E-state index contributed by atoms with van der Waals surface area (Å²) in [5.41, 5.74) is 1.33. The minimum Gasteiger partial charge on any atom is -0.477 e. The first-order chi connectivity index (χ1) is 19.9. The van der Waals surface area contributed by atoms with Gasteiger partial charge in [0.25, 0.3) is 0 Å². The number of fused-ring (bicyclic) bond motifs is 2. The smallest absolute Gasteiger partial charge is 0.341 e.